The van der Waals surface area contributed by atoms with E-state index in [1.165, 1.54) is 25.7 Å². The molecule has 4 heteroatoms. The minimum Gasteiger partial charge on any atom is -0.491 e. The van der Waals surface area contributed by atoms with E-state index < -0.39 is 0 Å². The predicted octanol–water partition coefficient (Wildman–Crippen LogP) is 3.56. The fourth-order valence-electron chi connectivity index (χ4n) is 3.34. The first-order valence-corrected chi connectivity index (χ1v) is 8.45. The van der Waals surface area contributed by atoms with Gasteiger partial charge in [-0.1, -0.05) is 43.5 Å². The Labute approximate surface area is 133 Å². The van der Waals surface area contributed by atoms with Gasteiger partial charge < -0.3 is 10.5 Å². The number of hydrogen-bond acceptors (Lipinski definition) is 3. The standard InChI is InChI=1S/C17H27ClN2O/c1-2-20(16-9-5-3-7-14(16)13-19)11-12-21-17-10-6-4-8-15(17)18/h4,6,8,10,14,16H,2-3,5,7,9,11-13,19H2,1H3. The highest BCUT2D eigenvalue weighted by Crippen LogP contribution is 2.28. The molecule has 1 aliphatic carbocycles. The van der Waals surface area contributed by atoms with Gasteiger partial charge in [-0.25, -0.2) is 0 Å². The fraction of sp³-hybridized carbons (Fsp3) is 0.647. The zero-order valence-electron chi connectivity index (χ0n) is 12.9. The molecule has 2 unspecified atom stereocenters. The molecule has 2 N–H and O–H groups in total. The number of ether oxygens (including phenoxy) is 1. The smallest absolute Gasteiger partial charge is 0.137 e. The molecule has 0 heterocycles. The maximum atomic E-state index is 6.11. The Morgan fingerprint density at radius 2 is 2.05 bits per heavy atom. The SMILES string of the molecule is CCN(CCOc1ccccc1Cl)C1CCCCC1CN. The zero-order chi connectivity index (χ0) is 15.1. The summed E-state index contributed by atoms with van der Waals surface area (Å²) in [4.78, 5) is 2.52. The highest BCUT2D eigenvalue weighted by atomic mass is 35.5. The lowest BCUT2D eigenvalue weighted by Gasteiger charge is -2.39. The van der Waals surface area contributed by atoms with Crippen LogP contribution in [0.2, 0.25) is 5.02 Å². The second kappa shape index (κ2) is 8.62. The van der Waals surface area contributed by atoms with Gasteiger partial charge in [0.1, 0.15) is 12.4 Å². The number of rotatable bonds is 7. The number of para-hydroxylation sites is 1. The van der Waals surface area contributed by atoms with E-state index in [2.05, 4.69) is 11.8 Å². The summed E-state index contributed by atoms with van der Waals surface area (Å²) in [7, 11) is 0. The van der Waals surface area contributed by atoms with Crippen molar-refractivity contribution < 1.29 is 4.74 Å². The Bertz CT molecular complexity index is 427. The third kappa shape index (κ3) is 4.60. The average Bonchev–Trinajstić information content (AvgIpc) is 2.53. The fourth-order valence-corrected chi connectivity index (χ4v) is 3.53. The van der Waals surface area contributed by atoms with Crippen LogP contribution in [0, 0.1) is 5.92 Å². The molecule has 2 atom stereocenters. The molecule has 1 aliphatic rings. The highest BCUT2D eigenvalue weighted by molar-refractivity contribution is 6.32. The van der Waals surface area contributed by atoms with Crippen LogP contribution in [0.5, 0.6) is 5.75 Å². The molecule has 0 amide bonds. The Morgan fingerprint density at radius 1 is 1.29 bits per heavy atom. The van der Waals surface area contributed by atoms with E-state index in [1.54, 1.807) is 0 Å². The van der Waals surface area contributed by atoms with Crippen LogP contribution in [0.3, 0.4) is 0 Å². The van der Waals surface area contributed by atoms with Gasteiger partial charge in [-0.15, -0.1) is 0 Å². The van der Waals surface area contributed by atoms with E-state index in [4.69, 9.17) is 22.1 Å². The minimum absolute atomic E-state index is 0.614. The summed E-state index contributed by atoms with van der Waals surface area (Å²) in [6, 6.07) is 8.26. The lowest BCUT2D eigenvalue weighted by atomic mass is 9.83. The second-order valence-electron chi connectivity index (χ2n) is 5.76. The van der Waals surface area contributed by atoms with Crippen molar-refractivity contribution in [2.24, 2.45) is 11.7 Å². The third-order valence-corrected chi connectivity index (χ3v) is 4.83. The van der Waals surface area contributed by atoms with Crippen LogP contribution in [0.15, 0.2) is 24.3 Å². The predicted molar refractivity (Wildman–Crippen MR) is 89.0 cm³/mol. The molecule has 1 aromatic rings. The summed E-state index contributed by atoms with van der Waals surface area (Å²) in [5.41, 5.74) is 5.95. The van der Waals surface area contributed by atoms with Crippen molar-refractivity contribution in [2.45, 2.75) is 38.6 Å². The van der Waals surface area contributed by atoms with Crippen LogP contribution >= 0.6 is 11.6 Å². The van der Waals surface area contributed by atoms with Gasteiger partial charge in [0.15, 0.2) is 0 Å². The molecule has 0 spiro atoms. The van der Waals surface area contributed by atoms with Gasteiger partial charge in [0.25, 0.3) is 0 Å². The molecule has 0 aromatic heterocycles. The van der Waals surface area contributed by atoms with Crippen LogP contribution in [0.25, 0.3) is 0 Å². The molecule has 3 nitrogen and oxygen atoms in total. The molecule has 0 saturated heterocycles. The first kappa shape index (κ1) is 16.6. The van der Waals surface area contributed by atoms with E-state index in [0.29, 0.717) is 23.6 Å². The summed E-state index contributed by atoms with van der Waals surface area (Å²) in [6.45, 7) is 5.67. The van der Waals surface area contributed by atoms with Crippen molar-refractivity contribution in [3.05, 3.63) is 29.3 Å². The second-order valence-corrected chi connectivity index (χ2v) is 6.16. The van der Waals surface area contributed by atoms with E-state index >= 15 is 0 Å². The minimum atomic E-state index is 0.614. The summed E-state index contributed by atoms with van der Waals surface area (Å²) in [5.74, 6) is 1.41. The molecule has 2 rings (SSSR count). The molecule has 21 heavy (non-hydrogen) atoms. The van der Waals surface area contributed by atoms with Crippen molar-refractivity contribution in [3.8, 4) is 5.75 Å². The van der Waals surface area contributed by atoms with E-state index in [1.807, 2.05) is 24.3 Å². The molecule has 0 radical (unpaired) electrons. The van der Waals surface area contributed by atoms with Crippen molar-refractivity contribution in [3.63, 3.8) is 0 Å². The first-order valence-electron chi connectivity index (χ1n) is 8.07. The summed E-state index contributed by atoms with van der Waals surface area (Å²) < 4.78 is 5.82. The van der Waals surface area contributed by atoms with E-state index in [-0.39, 0.29) is 0 Å². The molecule has 0 bridgehead atoms. The maximum Gasteiger partial charge on any atom is 0.137 e. The number of halogens is 1. The summed E-state index contributed by atoms with van der Waals surface area (Å²) in [6.07, 6.45) is 5.18. The molecule has 118 valence electrons. The zero-order valence-corrected chi connectivity index (χ0v) is 13.7. The quantitative estimate of drug-likeness (QED) is 0.837. The lowest BCUT2D eigenvalue weighted by molar-refractivity contribution is 0.0958. The van der Waals surface area contributed by atoms with E-state index in [0.717, 1.165) is 25.4 Å². The summed E-state index contributed by atoms with van der Waals surface area (Å²) >= 11 is 6.11. The van der Waals surface area contributed by atoms with Crippen LogP contribution in [0.4, 0.5) is 0 Å². The molecule has 0 aliphatic heterocycles. The maximum absolute atomic E-state index is 6.11. The van der Waals surface area contributed by atoms with Gasteiger partial charge in [-0.05, 0) is 44.0 Å². The molecular formula is C17H27ClN2O. The highest BCUT2D eigenvalue weighted by Gasteiger charge is 2.28. The lowest BCUT2D eigenvalue weighted by Crippen LogP contribution is -2.46. The average molecular weight is 311 g/mol. The van der Waals surface area contributed by atoms with Crippen LogP contribution in [0.1, 0.15) is 32.6 Å². The van der Waals surface area contributed by atoms with Gasteiger partial charge in [-0.3, -0.25) is 4.90 Å². The topological polar surface area (TPSA) is 38.5 Å². The molecule has 1 fully saturated rings. The van der Waals surface area contributed by atoms with Gasteiger partial charge in [0, 0.05) is 12.6 Å². The Balaban J connectivity index is 1.86. The van der Waals surface area contributed by atoms with Crippen molar-refractivity contribution in [2.75, 3.05) is 26.2 Å². The third-order valence-electron chi connectivity index (χ3n) is 4.52. The van der Waals surface area contributed by atoms with Crippen molar-refractivity contribution in [1.29, 1.82) is 0 Å². The van der Waals surface area contributed by atoms with Gasteiger partial charge in [0.2, 0.25) is 0 Å². The molecular weight excluding hydrogens is 284 g/mol. The number of benzene rings is 1. The van der Waals surface area contributed by atoms with Gasteiger partial charge >= 0.3 is 0 Å². The molecule has 1 saturated carbocycles. The number of likely N-dealkylation sites (N-methyl/N-ethyl adjacent to an activating group) is 1. The van der Waals surface area contributed by atoms with Gasteiger partial charge in [0.05, 0.1) is 5.02 Å². The largest absolute Gasteiger partial charge is 0.491 e. The molecule has 1 aromatic carbocycles. The van der Waals surface area contributed by atoms with Crippen LogP contribution in [-0.4, -0.2) is 37.2 Å². The van der Waals surface area contributed by atoms with Gasteiger partial charge in [-0.2, -0.15) is 0 Å². The van der Waals surface area contributed by atoms with Crippen molar-refractivity contribution >= 4 is 11.6 Å². The monoisotopic (exact) mass is 310 g/mol. The number of hydrogen-bond donors (Lipinski definition) is 1. The number of nitrogens with two attached hydrogens (primary N) is 1. The van der Waals surface area contributed by atoms with Crippen molar-refractivity contribution in [1.82, 2.24) is 4.90 Å². The Hall–Kier alpha value is -0.770. The van der Waals surface area contributed by atoms with E-state index in [9.17, 15) is 0 Å². The Morgan fingerprint density at radius 3 is 2.76 bits per heavy atom. The summed E-state index contributed by atoms with van der Waals surface area (Å²) in [5, 5.41) is 0.679. The number of nitrogens with zero attached hydrogens (tertiary/aromatic N) is 1. The van der Waals surface area contributed by atoms with Crippen LogP contribution in [-0.2, 0) is 0 Å². The van der Waals surface area contributed by atoms with Crippen LogP contribution < -0.4 is 10.5 Å². The normalized spacial score (nSPS) is 22.5. The first-order chi connectivity index (χ1) is 10.3. The Kier molecular flexibility index (Phi) is 6.81.